The first kappa shape index (κ1) is 15.4. The van der Waals surface area contributed by atoms with Gasteiger partial charge in [-0.1, -0.05) is 36.4 Å². The van der Waals surface area contributed by atoms with Crippen molar-refractivity contribution in [1.29, 1.82) is 0 Å². The van der Waals surface area contributed by atoms with E-state index in [1.165, 1.54) is 6.07 Å². The molecule has 0 amide bonds. The van der Waals surface area contributed by atoms with E-state index >= 15 is 0 Å². The van der Waals surface area contributed by atoms with Crippen LogP contribution in [0.25, 0.3) is 11.1 Å². The fraction of sp³-hybridized carbons (Fsp3) is 0.0556. The zero-order valence-electron chi connectivity index (χ0n) is 12.0. The van der Waals surface area contributed by atoms with Crippen LogP contribution >= 0.6 is 15.9 Å². The SMILES string of the molecule is O=C(O)c1ccc(COc2ccc(-c3ccccc3)cc2Br)o1. The Morgan fingerprint density at radius 3 is 2.48 bits per heavy atom. The predicted octanol–water partition coefficient (Wildman–Crippen LogP) is 4.99. The zero-order valence-corrected chi connectivity index (χ0v) is 13.6. The predicted molar refractivity (Wildman–Crippen MR) is 89.6 cm³/mol. The lowest BCUT2D eigenvalue weighted by Gasteiger charge is -2.09. The van der Waals surface area contributed by atoms with Crippen LogP contribution in [0.2, 0.25) is 0 Å². The quantitative estimate of drug-likeness (QED) is 0.685. The van der Waals surface area contributed by atoms with Gasteiger partial charge >= 0.3 is 5.97 Å². The highest BCUT2D eigenvalue weighted by molar-refractivity contribution is 9.10. The van der Waals surface area contributed by atoms with Gasteiger partial charge in [-0.2, -0.15) is 0 Å². The molecule has 2 aromatic carbocycles. The molecule has 0 saturated heterocycles. The van der Waals surface area contributed by atoms with Gasteiger partial charge in [0, 0.05) is 0 Å². The summed E-state index contributed by atoms with van der Waals surface area (Å²) in [5.74, 6) is -0.0638. The van der Waals surface area contributed by atoms with Crippen LogP contribution in [-0.2, 0) is 6.61 Å². The summed E-state index contributed by atoms with van der Waals surface area (Å²) in [4.78, 5) is 10.8. The highest BCUT2D eigenvalue weighted by Gasteiger charge is 2.10. The fourth-order valence-corrected chi connectivity index (χ4v) is 2.64. The summed E-state index contributed by atoms with van der Waals surface area (Å²) >= 11 is 3.50. The highest BCUT2D eigenvalue weighted by atomic mass is 79.9. The molecular weight excluding hydrogens is 360 g/mol. The van der Waals surface area contributed by atoms with E-state index in [4.69, 9.17) is 14.3 Å². The summed E-state index contributed by atoms with van der Waals surface area (Å²) in [7, 11) is 0. The zero-order chi connectivity index (χ0) is 16.2. The van der Waals surface area contributed by atoms with Gasteiger partial charge in [-0.25, -0.2) is 4.79 Å². The number of carboxylic acid groups (broad SMARTS) is 1. The molecule has 23 heavy (non-hydrogen) atoms. The van der Waals surface area contributed by atoms with Gasteiger partial charge in [-0.15, -0.1) is 0 Å². The normalized spacial score (nSPS) is 10.5. The van der Waals surface area contributed by atoms with E-state index in [9.17, 15) is 4.79 Å². The van der Waals surface area contributed by atoms with Crippen molar-refractivity contribution in [2.45, 2.75) is 6.61 Å². The summed E-state index contributed by atoms with van der Waals surface area (Å²) in [5, 5.41) is 8.82. The molecular formula is C18H13BrO4. The molecule has 1 heterocycles. The van der Waals surface area contributed by atoms with Gasteiger partial charge in [0.15, 0.2) is 0 Å². The second-order valence-electron chi connectivity index (χ2n) is 4.87. The molecule has 116 valence electrons. The molecule has 0 spiro atoms. The lowest BCUT2D eigenvalue weighted by molar-refractivity contribution is 0.0658. The molecule has 0 aliphatic carbocycles. The van der Waals surface area contributed by atoms with Crippen LogP contribution in [0.4, 0.5) is 0 Å². The third-order valence-electron chi connectivity index (χ3n) is 3.28. The molecule has 0 saturated carbocycles. The Labute approximate surface area is 141 Å². The first-order valence-electron chi connectivity index (χ1n) is 6.93. The smallest absolute Gasteiger partial charge is 0.371 e. The number of aromatic carboxylic acids is 1. The van der Waals surface area contributed by atoms with Crippen molar-refractivity contribution in [2.24, 2.45) is 0 Å². The van der Waals surface area contributed by atoms with Gasteiger partial charge in [0.1, 0.15) is 18.1 Å². The molecule has 4 nitrogen and oxygen atoms in total. The minimum atomic E-state index is -1.09. The largest absolute Gasteiger partial charge is 0.484 e. The van der Waals surface area contributed by atoms with E-state index in [1.54, 1.807) is 6.07 Å². The second kappa shape index (κ2) is 6.71. The number of rotatable bonds is 5. The topological polar surface area (TPSA) is 59.7 Å². The van der Waals surface area contributed by atoms with Crippen molar-refractivity contribution in [2.75, 3.05) is 0 Å². The van der Waals surface area contributed by atoms with E-state index < -0.39 is 5.97 Å². The molecule has 0 aliphatic rings. The van der Waals surface area contributed by atoms with E-state index in [1.807, 2.05) is 48.5 Å². The van der Waals surface area contributed by atoms with Crippen molar-refractivity contribution in [3.05, 3.63) is 76.7 Å². The number of carbonyl (C=O) groups is 1. The molecule has 0 bridgehead atoms. The lowest BCUT2D eigenvalue weighted by Crippen LogP contribution is -1.96. The molecule has 0 unspecified atom stereocenters. The Morgan fingerprint density at radius 2 is 1.83 bits per heavy atom. The van der Waals surface area contributed by atoms with Crippen molar-refractivity contribution in [3.63, 3.8) is 0 Å². The monoisotopic (exact) mass is 372 g/mol. The molecule has 0 atom stereocenters. The van der Waals surface area contributed by atoms with Gasteiger partial charge in [0.2, 0.25) is 5.76 Å². The van der Waals surface area contributed by atoms with Crippen molar-refractivity contribution in [3.8, 4) is 16.9 Å². The Morgan fingerprint density at radius 1 is 1.04 bits per heavy atom. The van der Waals surface area contributed by atoms with Crippen LogP contribution in [0.5, 0.6) is 5.75 Å². The van der Waals surface area contributed by atoms with Crippen LogP contribution in [0.15, 0.2) is 69.6 Å². The maximum absolute atomic E-state index is 10.8. The summed E-state index contributed by atoms with van der Waals surface area (Å²) in [6, 6.07) is 18.9. The van der Waals surface area contributed by atoms with Crippen molar-refractivity contribution >= 4 is 21.9 Å². The van der Waals surface area contributed by atoms with Crippen molar-refractivity contribution < 1.29 is 19.1 Å². The molecule has 1 aromatic heterocycles. The van der Waals surface area contributed by atoms with Crippen LogP contribution in [-0.4, -0.2) is 11.1 Å². The second-order valence-corrected chi connectivity index (χ2v) is 5.73. The summed E-state index contributed by atoms with van der Waals surface area (Å²) in [6.45, 7) is 0.163. The summed E-state index contributed by atoms with van der Waals surface area (Å²) < 4.78 is 11.7. The van der Waals surface area contributed by atoms with E-state index in [0.29, 0.717) is 11.5 Å². The number of ether oxygens (including phenoxy) is 1. The van der Waals surface area contributed by atoms with Gasteiger partial charge < -0.3 is 14.3 Å². The Bertz CT molecular complexity index is 824. The van der Waals surface area contributed by atoms with E-state index in [2.05, 4.69) is 15.9 Å². The summed E-state index contributed by atoms with van der Waals surface area (Å²) in [5.41, 5.74) is 2.20. The first-order chi connectivity index (χ1) is 11.1. The Balaban J connectivity index is 1.72. The van der Waals surface area contributed by atoms with Gasteiger partial charge in [0.25, 0.3) is 0 Å². The van der Waals surface area contributed by atoms with Crippen LogP contribution in [0.3, 0.4) is 0 Å². The van der Waals surface area contributed by atoms with Gasteiger partial charge in [0.05, 0.1) is 4.47 Å². The minimum absolute atomic E-state index is 0.0953. The number of furan rings is 1. The maximum atomic E-state index is 10.8. The molecule has 3 aromatic rings. The van der Waals surface area contributed by atoms with Gasteiger partial charge in [-0.05, 0) is 51.3 Å². The van der Waals surface area contributed by atoms with Crippen LogP contribution in [0, 0.1) is 0 Å². The molecule has 3 rings (SSSR count). The molecule has 0 aliphatic heterocycles. The molecule has 0 fully saturated rings. The molecule has 0 radical (unpaired) electrons. The third-order valence-corrected chi connectivity index (χ3v) is 3.90. The van der Waals surface area contributed by atoms with Crippen LogP contribution < -0.4 is 4.74 Å². The van der Waals surface area contributed by atoms with E-state index in [0.717, 1.165) is 15.6 Å². The third kappa shape index (κ3) is 3.63. The number of hydrogen-bond donors (Lipinski definition) is 1. The highest BCUT2D eigenvalue weighted by Crippen LogP contribution is 2.31. The number of benzene rings is 2. The number of carboxylic acids is 1. The average Bonchev–Trinajstić information content (AvgIpc) is 3.04. The summed E-state index contributed by atoms with van der Waals surface area (Å²) in [6.07, 6.45) is 0. The Kier molecular flexibility index (Phi) is 4.48. The standard InChI is InChI=1S/C18H13BrO4/c19-15-10-13(12-4-2-1-3-5-12)6-8-16(15)22-11-14-7-9-17(23-14)18(20)21/h1-10H,11H2,(H,20,21). The first-order valence-corrected chi connectivity index (χ1v) is 7.72. The van der Waals surface area contributed by atoms with E-state index in [-0.39, 0.29) is 12.4 Å². The maximum Gasteiger partial charge on any atom is 0.371 e. The Hall–Kier alpha value is -2.53. The molecule has 5 heteroatoms. The van der Waals surface area contributed by atoms with Crippen molar-refractivity contribution in [1.82, 2.24) is 0 Å². The minimum Gasteiger partial charge on any atom is -0.484 e. The average molecular weight is 373 g/mol. The number of hydrogen-bond acceptors (Lipinski definition) is 3. The van der Waals surface area contributed by atoms with Gasteiger partial charge in [-0.3, -0.25) is 0 Å². The molecule has 1 N–H and O–H groups in total. The number of halogens is 1. The lowest BCUT2D eigenvalue weighted by atomic mass is 10.1. The van der Waals surface area contributed by atoms with Crippen LogP contribution in [0.1, 0.15) is 16.3 Å². The fourth-order valence-electron chi connectivity index (χ4n) is 2.15.